The first kappa shape index (κ1) is 10.1. The summed E-state index contributed by atoms with van der Waals surface area (Å²) in [5.41, 5.74) is 0. The molecule has 0 N–H and O–H groups in total. The molecule has 2 bridgehead atoms. The van der Waals surface area contributed by atoms with Gasteiger partial charge in [-0.1, -0.05) is 0 Å². The van der Waals surface area contributed by atoms with E-state index >= 15 is 0 Å². The second-order valence-corrected chi connectivity index (χ2v) is 6.00. The molecule has 0 aromatic carbocycles. The number of ketones is 1. The molecule has 80 valence electrons. The van der Waals surface area contributed by atoms with E-state index in [9.17, 15) is 13.2 Å². The van der Waals surface area contributed by atoms with Crippen molar-refractivity contribution in [1.82, 2.24) is 0 Å². The minimum atomic E-state index is -3.50. The summed E-state index contributed by atoms with van der Waals surface area (Å²) in [5.74, 6) is 0.944. The summed E-state index contributed by atoms with van der Waals surface area (Å²) in [4.78, 5) is 11.5. The molecule has 0 heterocycles. The standard InChI is InChI=1S/C9H14O4S/c1-14(11,12)13-9-5-7-2-6(3-7)4-8(9)10/h6-7,9H,2-5H2,1H3/t6?,7?,9-/m0/s1. The van der Waals surface area contributed by atoms with Crippen LogP contribution in [0.15, 0.2) is 0 Å². The second-order valence-electron chi connectivity index (χ2n) is 4.40. The molecule has 0 amide bonds. The Labute approximate surface area is 83.8 Å². The van der Waals surface area contributed by atoms with Crippen LogP contribution in [-0.4, -0.2) is 26.6 Å². The van der Waals surface area contributed by atoms with Gasteiger partial charge in [-0.2, -0.15) is 8.42 Å². The first-order chi connectivity index (χ1) is 6.44. The quantitative estimate of drug-likeness (QED) is 0.641. The van der Waals surface area contributed by atoms with Gasteiger partial charge >= 0.3 is 0 Å². The second kappa shape index (κ2) is 3.31. The Morgan fingerprint density at radius 1 is 1.21 bits per heavy atom. The minimum Gasteiger partial charge on any atom is -0.297 e. The zero-order chi connectivity index (χ0) is 10.3. The molecule has 14 heavy (non-hydrogen) atoms. The Bertz CT molecular complexity index is 340. The van der Waals surface area contributed by atoms with Crippen molar-refractivity contribution in [3.63, 3.8) is 0 Å². The maximum absolute atomic E-state index is 11.5. The Kier molecular flexibility index (Phi) is 2.39. The minimum absolute atomic E-state index is 0.0413. The van der Waals surface area contributed by atoms with Crippen molar-refractivity contribution in [1.29, 1.82) is 0 Å². The maximum atomic E-state index is 11.5. The van der Waals surface area contributed by atoms with Crippen molar-refractivity contribution in [3.8, 4) is 0 Å². The third kappa shape index (κ3) is 2.15. The van der Waals surface area contributed by atoms with Crippen molar-refractivity contribution in [2.75, 3.05) is 6.26 Å². The van der Waals surface area contributed by atoms with E-state index < -0.39 is 16.2 Å². The molecule has 0 aromatic rings. The molecule has 0 radical (unpaired) electrons. The molecule has 3 aliphatic rings. The highest BCUT2D eigenvalue weighted by atomic mass is 32.2. The molecule has 0 saturated heterocycles. The van der Waals surface area contributed by atoms with Crippen LogP contribution in [-0.2, 0) is 19.1 Å². The third-order valence-corrected chi connectivity index (χ3v) is 3.60. The molecule has 4 nitrogen and oxygen atoms in total. The number of hydrogen-bond donors (Lipinski definition) is 0. The van der Waals surface area contributed by atoms with Crippen LogP contribution in [0.5, 0.6) is 0 Å². The van der Waals surface area contributed by atoms with Gasteiger partial charge in [0.25, 0.3) is 10.1 Å². The molecule has 0 aliphatic heterocycles. The lowest BCUT2D eigenvalue weighted by molar-refractivity contribution is -0.125. The van der Waals surface area contributed by atoms with Gasteiger partial charge in [0, 0.05) is 6.42 Å². The first-order valence-corrected chi connectivity index (χ1v) is 6.66. The summed E-state index contributed by atoms with van der Waals surface area (Å²) in [5, 5.41) is 0. The van der Waals surface area contributed by atoms with Crippen LogP contribution in [0.3, 0.4) is 0 Å². The van der Waals surface area contributed by atoms with Gasteiger partial charge < -0.3 is 0 Å². The highest BCUT2D eigenvalue weighted by Crippen LogP contribution is 2.43. The van der Waals surface area contributed by atoms with Crippen LogP contribution < -0.4 is 0 Å². The van der Waals surface area contributed by atoms with E-state index in [2.05, 4.69) is 0 Å². The van der Waals surface area contributed by atoms with Crippen molar-refractivity contribution in [2.24, 2.45) is 11.8 Å². The van der Waals surface area contributed by atoms with Gasteiger partial charge in [-0.25, -0.2) is 0 Å². The molecule has 0 spiro atoms. The number of fused-ring (bicyclic) bond motifs is 3. The molecule has 3 aliphatic carbocycles. The molecule has 0 unspecified atom stereocenters. The Morgan fingerprint density at radius 2 is 1.86 bits per heavy atom. The normalized spacial score (nSPS) is 37.5. The predicted octanol–water partition coefficient (Wildman–Crippen LogP) is 0.720. The number of carbonyl (C=O) groups excluding carboxylic acids is 1. The monoisotopic (exact) mass is 218 g/mol. The zero-order valence-corrected chi connectivity index (χ0v) is 8.92. The van der Waals surface area contributed by atoms with Crippen molar-refractivity contribution in [2.45, 2.75) is 31.8 Å². The molecule has 3 saturated carbocycles. The van der Waals surface area contributed by atoms with Gasteiger partial charge in [-0.3, -0.25) is 8.98 Å². The fourth-order valence-electron chi connectivity index (χ4n) is 2.39. The Balaban J connectivity index is 2.06. The van der Waals surface area contributed by atoms with Crippen molar-refractivity contribution < 1.29 is 17.4 Å². The van der Waals surface area contributed by atoms with Crippen LogP contribution in [0.4, 0.5) is 0 Å². The predicted molar refractivity (Wildman–Crippen MR) is 50.2 cm³/mol. The van der Waals surface area contributed by atoms with Crippen LogP contribution in [0, 0.1) is 11.8 Å². The molecule has 3 fully saturated rings. The van der Waals surface area contributed by atoms with Gasteiger partial charge in [0.15, 0.2) is 5.78 Å². The maximum Gasteiger partial charge on any atom is 0.265 e. The zero-order valence-electron chi connectivity index (χ0n) is 8.10. The Morgan fingerprint density at radius 3 is 2.43 bits per heavy atom. The summed E-state index contributed by atoms with van der Waals surface area (Å²) >= 11 is 0. The molecular weight excluding hydrogens is 204 g/mol. The van der Waals surface area contributed by atoms with Gasteiger partial charge in [-0.15, -0.1) is 0 Å². The van der Waals surface area contributed by atoms with Crippen LogP contribution in [0.1, 0.15) is 25.7 Å². The number of hydrogen-bond acceptors (Lipinski definition) is 4. The summed E-state index contributed by atoms with van der Waals surface area (Å²) in [7, 11) is -3.50. The van der Waals surface area contributed by atoms with E-state index in [0.29, 0.717) is 24.7 Å². The van der Waals surface area contributed by atoms with Gasteiger partial charge in [0.2, 0.25) is 0 Å². The third-order valence-electron chi connectivity index (χ3n) is 3.02. The Hall–Kier alpha value is -0.420. The molecule has 1 atom stereocenters. The average Bonchev–Trinajstić information content (AvgIpc) is 2.14. The summed E-state index contributed by atoms with van der Waals surface area (Å²) in [6.07, 6.45) is 3.50. The number of Topliss-reactive ketones (excluding diaryl/α,β-unsaturated/α-hetero) is 1. The first-order valence-electron chi connectivity index (χ1n) is 4.85. The van der Waals surface area contributed by atoms with E-state index in [-0.39, 0.29) is 5.78 Å². The van der Waals surface area contributed by atoms with E-state index in [1.807, 2.05) is 0 Å². The number of rotatable bonds is 2. The van der Waals surface area contributed by atoms with Crippen molar-refractivity contribution >= 4 is 15.9 Å². The summed E-state index contributed by atoms with van der Waals surface area (Å²) < 4.78 is 26.6. The van der Waals surface area contributed by atoms with Crippen LogP contribution in [0.2, 0.25) is 0 Å². The van der Waals surface area contributed by atoms with E-state index in [1.54, 1.807) is 0 Å². The molecule has 0 aromatic heterocycles. The smallest absolute Gasteiger partial charge is 0.265 e. The summed E-state index contributed by atoms with van der Waals surface area (Å²) in [6.45, 7) is 0. The van der Waals surface area contributed by atoms with Gasteiger partial charge in [-0.05, 0) is 31.1 Å². The fourth-order valence-corrected chi connectivity index (χ4v) is 2.99. The highest BCUT2D eigenvalue weighted by Gasteiger charge is 2.40. The van der Waals surface area contributed by atoms with Gasteiger partial charge in [0.05, 0.1) is 6.26 Å². The van der Waals surface area contributed by atoms with Crippen LogP contribution in [0.25, 0.3) is 0 Å². The molecule has 3 rings (SSSR count). The van der Waals surface area contributed by atoms with E-state index in [1.165, 1.54) is 0 Å². The SMILES string of the molecule is CS(=O)(=O)O[C@H]1CC2CC(CC1=O)C2. The topological polar surface area (TPSA) is 60.4 Å². The van der Waals surface area contributed by atoms with E-state index in [0.717, 1.165) is 19.1 Å². The lowest BCUT2D eigenvalue weighted by atomic mass is 9.74. The average molecular weight is 218 g/mol. The lowest BCUT2D eigenvalue weighted by Gasteiger charge is -2.31. The number of carbonyl (C=O) groups is 1. The lowest BCUT2D eigenvalue weighted by Crippen LogP contribution is -2.26. The van der Waals surface area contributed by atoms with Gasteiger partial charge in [0.1, 0.15) is 6.10 Å². The molecular formula is C9H14O4S. The molecule has 5 heteroatoms. The summed E-state index contributed by atoms with van der Waals surface area (Å²) in [6, 6.07) is 0. The van der Waals surface area contributed by atoms with E-state index in [4.69, 9.17) is 4.18 Å². The largest absolute Gasteiger partial charge is 0.297 e. The fraction of sp³-hybridized carbons (Fsp3) is 0.889. The highest BCUT2D eigenvalue weighted by molar-refractivity contribution is 7.86. The van der Waals surface area contributed by atoms with Crippen LogP contribution >= 0.6 is 0 Å². The van der Waals surface area contributed by atoms with Crippen molar-refractivity contribution in [3.05, 3.63) is 0 Å².